The predicted octanol–water partition coefficient (Wildman–Crippen LogP) is 1.58. The van der Waals surface area contributed by atoms with Gasteiger partial charge in [0.2, 0.25) is 5.91 Å². The number of hydrogen-bond donors (Lipinski definition) is 1. The predicted molar refractivity (Wildman–Crippen MR) is 81.5 cm³/mol. The standard InChI is InChI=1S/C13H10N4O2S2/c14-11(18)8-1-3-9(4-2-8)12-16-10(6-20-12)5-17-13(19)21-7-15-17/h1-4,6-7H,5H2,(H2,14,18). The first-order chi connectivity index (χ1) is 10.1. The van der Waals surface area contributed by atoms with E-state index >= 15 is 0 Å². The van der Waals surface area contributed by atoms with Crippen molar-refractivity contribution in [3.8, 4) is 10.6 Å². The average molecular weight is 318 g/mol. The second-order valence-electron chi connectivity index (χ2n) is 4.25. The van der Waals surface area contributed by atoms with Gasteiger partial charge in [-0.15, -0.1) is 11.3 Å². The molecule has 0 aliphatic carbocycles. The Morgan fingerprint density at radius 3 is 2.62 bits per heavy atom. The summed E-state index contributed by atoms with van der Waals surface area (Å²) in [4.78, 5) is 26.9. The molecule has 8 heteroatoms. The normalized spacial score (nSPS) is 10.7. The van der Waals surface area contributed by atoms with Gasteiger partial charge in [0.1, 0.15) is 10.5 Å². The highest BCUT2D eigenvalue weighted by Gasteiger charge is 2.08. The molecule has 0 saturated carbocycles. The maximum absolute atomic E-state index is 11.5. The number of thiazole rings is 1. The maximum atomic E-state index is 11.5. The minimum atomic E-state index is -0.454. The van der Waals surface area contributed by atoms with Gasteiger partial charge in [-0.2, -0.15) is 5.10 Å². The van der Waals surface area contributed by atoms with Gasteiger partial charge in [0, 0.05) is 16.5 Å². The van der Waals surface area contributed by atoms with E-state index in [2.05, 4.69) is 10.1 Å². The lowest BCUT2D eigenvalue weighted by molar-refractivity contribution is 0.100. The summed E-state index contributed by atoms with van der Waals surface area (Å²) in [5.41, 5.74) is 8.86. The number of carbonyl (C=O) groups is 1. The van der Waals surface area contributed by atoms with Crippen LogP contribution < -0.4 is 10.6 Å². The lowest BCUT2D eigenvalue weighted by Crippen LogP contribution is -2.15. The molecule has 3 rings (SSSR count). The molecule has 0 bridgehead atoms. The number of rotatable bonds is 4. The highest BCUT2D eigenvalue weighted by atomic mass is 32.1. The van der Waals surface area contributed by atoms with Gasteiger partial charge < -0.3 is 5.73 Å². The van der Waals surface area contributed by atoms with Gasteiger partial charge in [0.15, 0.2) is 0 Å². The van der Waals surface area contributed by atoms with E-state index in [4.69, 9.17) is 5.73 Å². The van der Waals surface area contributed by atoms with Gasteiger partial charge in [0.05, 0.1) is 12.2 Å². The zero-order valence-electron chi connectivity index (χ0n) is 10.7. The van der Waals surface area contributed by atoms with Crippen molar-refractivity contribution in [1.29, 1.82) is 0 Å². The van der Waals surface area contributed by atoms with E-state index in [0.29, 0.717) is 12.1 Å². The van der Waals surface area contributed by atoms with Crippen LogP contribution in [0.3, 0.4) is 0 Å². The van der Waals surface area contributed by atoms with Crippen LogP contribution >= 0.6 is 22.7 Å². The van der Waals surface area contributed by atoms with Crippen molar-refractivity contribution in [3.63, 3.8) is 0 Å². The molecule has 2 heterocycles. The first kappa shape index (κ1) is 13.7. The molecule has 1 amide bonds. The topological polar surface area (TPSA) is 90.9 Å². The number of nitrogens with zero attached hydrogens (tertiary/aromatic N) is 3. The molecule has 2 aromatic heterocycles. The van der Waals surface area contributed by atoms with Crippen LogP contribution in [0.5, 0.6) is 0 Å². The maximum Gasteiger partial charge on any atom is 0.325 e. The Morgan fingerprint density at radius 1 is 1.24 bits per heavy atom. The molecule has 2 N–H and O–H groups in total. The molecule has 106 valence electrons. The van der Waals surface area contributed by atoms with Crippen LogP contribution in [0.25, 0.3) is 10.6 Å². The van der Waals surface area contributed by atoms with Crippen molar-refractivity contribution in [2.24, 2.45) is 5.73 Å². The van der Waals surface area contributed by atoms with Gasteiger partial charge in [-0.25, -0.2) is 9.67 Å². The third-order valence-corrected chi connectivity index (χ3v) is 4.38. The number of hydrogen-bond acceptors (Lipinski definition) is 6. The summed E-state index contributed by atoms with van der Waals surface area (Å²) in [6.07, 6.45) is 0. The molecule has 0 radical (unpaired) electrons. The summed E-state index contributed by atoms with van der Waals surface area (Å²) >= 11 is 2.54. The molecule has 0 aliphatic heterocycles. The Morgan fingerprint density at radius 2 is 2.00 bits per heavy atom. The molecule has 21 heavy (non-hydrogen) atoms. The molecule has 3 aromatic rings. The van der Waals surface area contributed by atoms with E-state index in [0.717, 1.165) is 27.6 Å². The average Bonchev–Trinajstić information content (AvgIpc) is 3.10. The molecule has 1 aromatic carbocycles. The lowest BCUT2D eigenvalue weighted by atomic mass is 10.1. The minimum absolute atomic E-state index is 0.102. The zero-order chi connectivity index (χ0) is 14.8. The first-order valence-electron chi connectivity index (χ1n) is 5.99. The molecule has 0 aliphatic rings. The molecule has 0 atom stereocenters. The number of benzene rings is 1. The number of aromatic nitrogens is 3. The minimum Gasteiger partial charge on any atom is -0.366 e. The van der Waals surface area contributed by atoms with Gasteiger partial charge in [-0.1, -0.05) is 23.5 Å². The number of carbonyl (C=O) groups excluding carboxylic acids is 1. The highest BCUT2D eigenvalue weighted by molar-refractivity contribution is 7.13. The number of primary amides is 1. The Kier molecular flexibility index (Phi) is 3.63. The Labute approximate surface area is 127 Å². The smallest absolute Gasteiger partial charge is 0.325 e. The second kappa shape index (κ2) is 5.58. The fraction of sp³-hybridized carbons (Fsp3) is 0.0769. The van der Waals surface area contributed by atoms with Gasteiger partial charge >= 0.3 is 4.87 Å². The Hall–Kier alpha value is -2.32. The van der Waals surface area contributed by atoms with E-state index in [9.17, 15) is 9.59 Å². The first-order valence-corrected chi connectivity index (χ1v) is 7.74. The van der Waals surface area contributed by atoms with Crippen LogP contribution in [0.1, 0.15) is 16.1 Å². The molecule has 0 unspecified atom stereocenters. The molecule has 0 fully saturated rings. The van der Waals surface area contributed by atoms with Crippen molar-refractivity contribution in [1.82, 2.24) is 14.8 Å². The van der Waals surface area contributed by atoms with Gasteiger partial charge in [-0.05, 0) is 12.1 Å². The number of amides is 1. The van der Waals surface area contributed by atoms with Gasteiger partial charge in [0.25, 0.3) is 0 Å². The van der Waals surface area contributed by atoms with E-state index in [1.807, 2.05) is 5.38 Å². The summed E-state index contributed by atoms with van der Waals surface area (Å²) < 4.78 is 1.37. The molecule has 0 spiro atoms. The summed E-state index contributed by atoms with van der Waals surface area (Å²) in [7, 11) is 0. The Bertz CT molecular complexity index is 832. The van der Waals surface area contributed by atoms with E-state index in [1.165, 1.54) is 21.5 Å². The van der Waals surface area contributed by atoms with E-state index < -0.39 is 5.91 Å². The fourth-order valence-corrected chi connectivity index (χ4v) is 3.08. The van der Waals surface area contributed by atoms with Crippen LogP contribution in [0.4, 0.5) is 0 Å². The zero-order valence-corrected chi connectivity index (χ0v) is 12.4. The summed E-state index contributed by atoms with van der Waals surface area (Å²) in [6.45, 7) is 0.359. The second-order valence-corrected chi connectivity index (χ2v) is 5.90. The van der Waals surface area contributed by atoms with Crippen molar-refractivity contribution >= 4 is 28.6 Å². The van der Waals surface area contributed by atoms with Crippen molar-refractivity contribution < 1.29 is 4.79 Å². The van der Waals surface area contributed by atoms with Crippen LogP contribution in [0.2, 0.25) is 0 Å². The largest absolute Gasteiger partial charge is 0.366 e. The molecule has 0 saturated heterocycles. The highest BCUT2D eigenvalue weighted by Crippen LogP contribution is 2.24. The molecular formula is C13H10N4O2S2. The van der Waals surface area contributed by atoms with Crippen molar-refractivity contribution in [3.05, 3.63) is 56.1 Å². The fourth-order valence-electron chi connectivity index (χ4n) is 1.78. The van der Waals surface area contributed by atoms with E-state index in [-0.39, 0.29) is 4.87 Å². The third kappa shape index (κ3) is 2.91. The van der Waals surface area contributed by atoms with E-state index in [1.54, 1.807) is 24.3 Å². The van der Waals surface area contributed by atoms with Crippen molar-refractivity contribution in [2.75, 3.05) is 0 Å². The third-order valence-electron chi connectivity index (χ3n) is 2.83. The summed E-state index contributed by atoms with van der Waals surface area (Å²) in [6, 6.07) is 6.95. The van der Waals surface area contributed by atoms with Crippen molar-refractivity contribution in [2.45, 2.75) is 6.54 Å². The summed E-state index contributed by atoms with van der Waals surface area (Å²) in [5, 5.41) is 6.68. The Balaban J connectivity index is 1.83. The molecule has 6 nitrogen and oxygen atoms in total. The quantitative estimate of drug-likeness (QED) is 0.790. The number of nitrogens with two attached hydrogens (primary N) is 1. The van der Waals surface area contributed by atoms with Crippen LogP contribution in [-0.2, 0) is 6.54 Å². The van der Waals surface area contributed by atoms with Crippen LogP contribution in [-0.4, -0.2) is 20.7 Å². The van der Waals surface area contributed by atoms with Crippen LogP contribution in [0, 0.1) is 0 Å². The molecular weight excluding hydrogens is 308 g/mol. The van der Waals surface area contributed by atoms with Gasteiger partial charge in [-0.3, -0.25) is 9.59 Å². The monoisotopic (exact) mass is 318 g/mol. The van der Waals surface area contributed by atoms with Crippen LogP contribution in [0.15, 0.2) is 40.0 Å². The summed E-state index contributed by atoms with van der Waals surface area (Å²) in [5.74, 6) is -0.454. The lowest BCUT2D eigenvalue weighted by Gasteiger charge is -1.98. The SMILES string of the molecule is NC(=O)c1ccc(-c2nc(Cn3ncsc3=O)cs2)cc1.